The molecule has 0 aliphatic heterocycles. The fraction of sp³-hybridized carbons (Fsp3) is 0.500. The van der Waals surface area contributed by atoms with Crippen LogP contribution in [0.4, 0.5) is 0 Å². The summed E-state index contributed by atoms with van der Waals surface area (Å²) >= 11 is 0. The van der Waals surface area contributed by atoms with Crippen LogP contribution in [-0.4, -0.2) is 35.9 Å². The predicted octanol–water partition coefficient (Wildman–Crippen LogP) is 1.34. The number of imidazole rings is 1. The molecule has 0 fully saturated rings. The molecule has 2 N–H and O–H groups in total. The zero-order chi connectivity index (χ0) is 13.7. The average molecular weight is 263 g/mol. The highest BCUT2D eigenvalue weighted by molar-refractivity contribution is 5.74. The van der Waals surface area contributed by atoms with Gasteiger partial charge in [-0.05, 0) is 32.5 Å². The third-order valence-electron chi connectivity index (χ3n) is 3.10. The first-order valence-corrected chi connectivity index (χ1v) is 6.66. The Morgan fingerprint density at radius 1 is 1.42 bits per heavy atom. The number of para-hydroxylation sites is 2. The summed E-state index contributed by atoms with van der Waals surface area (Å²) in [5.74, 6) is 0. The number of H-pyrrole nitrogens is 1. The number of aryl methyl sites for hydroxylation is 1. The topological polar surface area (TPSA) is 59.0 Å². The minimum absolute atomic E-state index is 0.0514. The Bertz CT molecular complexity index is 573. The van der Waals surface area contributed by atoms with Crippen molar-refractivity contribution in [3.8, 4) is 0 Å². The number of rotatable bonds is 7. The van der Waals surface area contributed by atoms with Crippen LogP contribution in [0.15, 0.2) is 29.1 Å². The van der Waals surface area contributed by atoms with Gasteiger partial charge in [0.1, 0.15) is 0 Å². The first kappa shape index (κ1) is 13.8. The highest BCUT2D eigenvalue weighted by atomic mass is 16.5. The molecule has 1 aromatic heterocycles. The van der Waals surface area contributed by atoms with Gasteiger partial charge in [0, 0.05) is 19.7 Å². The van der Waals surface area contributed by atoms with Crippen LogP contribution in [0, 0.1) is 0 Å². The summed E-state index contributed by atoms with van der Waals surface area (Å²) in [6.07, 6.45) is 1.03. The van der Waals surface area contributed by atoms with Crippen molar-refractivity contribution >= 4 is 11.0 Å². The maximum atomic E-state index is 11.8. The molecule has 5 heteroatoms. The van der Waals surface area contributed by atoms with Crippen LogP contribution in [-0.2, 0) is 11.3 Å². The maximum Gasteiger partial charge on any atom is 0.326 e. The van der Waals surface area contributed by atoms with Crippen molar-refractivity contribution in [3.05, 3.63) is 34.7 Å². The van der Waals surface area contributed by atoms with Crippen molar-refractivity contribution in [1.29, 1.82) is 0 Å². The lowest BCUT2D eigenvalue weighted by Crippen LogP contribution is -2.24. The van der Waals surface area contributed by atoms with Crippen molar-refractivity contribution in [2.75, 3.05) is 20.2 Å². The lowest BCUT2D eigenvalue weighted by atomic mass is 10.3. The van der Waals surface area contributed by atoms with Gasteiger partial charge < -0.3 is 15.0 Å². The van der Waals surface area contributed by atoms with Gasteiger partial charge in [0.15, 0.2) is 0 Å². The third-order valence-corrected chi connectivity index (χ3v) is 3.10. The second kappa shape index (κ2) is 6.54. The largest absolute Gasteiger partial charge is 0.377 e. The molecule has 1 atom stereocenters. The molecule has 0 spiro atoms. The fourth-order valence-electron chi connectivity index (χ4n) is 2.18. The Morgan fingerprint density at radius 2 is 2.21 bits per heavy atom. The Kier molecular flexibility index (Phi) is 4.76. The summed E-state index contributed by atoms with van der Waals surface area (Å²) in [7, 11) is 1.91. The van der Waals surface area contributed by atoms with Crippen LogP contribution in [0.5, 0.6) is 0 Å². The molecule has 5 nitrogen and oxygen atoms in total. The van der Waals surface area contributed by atoms with Gasteiger partial charge in [0.2, 0.25) is 0 Å². The van der Waals surface area contributed by atoms with Crippen molar-refractivity contribution < 1.29 is 4.74 Å². The van der Waals surface area contributed by atoms with E-state index in [1.54, 1.807) is 4.57 Å². The van der Waals surface area contributed by atoms with Gasteiger partial charge in [-0.1, -0.05) is 12.1 Å². The molecule has 0 amide bonds. The van der Waals surface area contributed by atoms with Crippen molar-refractivity contribution in [3.63, 3.8) is 0 Å². The number of likely N-dealkylation sites (N-methyl/N-ethyl adjacent to an activating group) is 1. The number of ether oxygens (including phenoxy) is 1. The van der Waals surface area contributed by atoms with Gasteiger partial charge in [-0.2, -0.15) is 0 Å². The molecule has 1 heterocycles. The molecule has 0 radical (unpaired) electrons. The van der Waals surface area contributed by atoms with E-state index < -0.39 is 0 Å². The molecule has 2 aromatic rings. The smallest absolute Gasteiger partial charge is 0.326 e. The van der Waals surface area contributed by atoms with Gasteiger partial charge in [0.05, 0.1) is 17.1 Å². The molecule has 0 aliphatic rings. The van der Waals surface area contributed by atoms with Crippen LogP contribution in [0.3, 0.4) is 0 Å². The van der Waals surface area contributed by atoms with E-state index >= 15 is 0 Å². The fourth-order valence-corrected chi connectivity index (χ4v) is 2.18. The number of nitrogens with zero attached hydrogens (tertiary/aromatic N) is 1. The van der Waals surface area contributed by atoms with E-state index in [0.717, 1.165) is 24.0 Å². The van der Waals surface area contributed by atoms with E-state index in [2.05, 4.69) is 10.3 Å². The number of aromatic nitrogens is 2. The molecule has 2 rings (SSSR count). The summed E-state index contributed by atoms with van der Waals surface area (Å²) in [5, 5.41) is 3.07. The van der Waals surface area contributed by atoms with Gasteiger partial charge >= 0.3 is 5.69 Å². The van der Waals surface area contributed by atoms with E-state index in [0.29, 0.717) is 13.2 Å². The first-order valence-electron chi connectivity index (χ1n) is 6.66. The third kappa shape index (κ3) is 3.45. The molecule has 104 valence electrons. The van der Waals surface area contributed by atoms with Crippen LogP contribution in [0.1, 0.15) is 13.3 Å². The average Bonchev–Trinajstić information content (AvgIpc) is 2.71. The molecule has 0 aliphatic carbocycles. The van der Waals surface area contributed by atoms with Crippen LogP contribution in [0.2, 0.25) is 0 Å². The van der Waals surface area contributed by atoms with E-state index in [-0.39, 0.29) is 11.8 Å². The Balaban J connectivity index is 1.91. The predicted molar refractivity (Wildman–Crippen MR) is 76.5 cm³/mol. The van der Waals surface area contributed by atoms with Gasteiger partial charge in [0.25, 0.3) is 0 Å². The molecular formula is C14H21N3O2. The van der Waals surface area contributed by atoms with Crippen LogP contribution in [0.25, 0.3) is 11.0 Å². The van der Waals surface area contributed by atoms with Crippen LogP contribution >= 0.6 is 0 Å². The number of benzene rings is 1. The van der Waals surface area contributed by atoms with Crippen LogP contribution < -0.4 is 11.0 Å². The lowest BCUT2D eigenvalue weighted by Gasteiger charge is -2.12. The highest BCUT2D eigenvalue weighted by Crippen LogP contribution is 2.09. The van der Waals surface area contributed by atoms with Gasteiger partial charge in [-0.3, -0.25) is 4.57 Å². The normalized spacial score (nSPS) is 12.9. The number of hydrogen-bond donors (Lipinski definition) is 2. The summed E-state index contributed by atoms with van der Waals surface area (Å²) in [4.78, 5) is 14.7. The molecule has 19 heavy (non-hydrogen) atoms. The van der Waals surface area contributed by atoms with E-state index in [1.165, 1.54) is 0 Å². The zero-order valence-electron chi connectivity index (χ0n) is 11.5. The summed E-state index contributed by atoms with van der Waals surface area (Å²) in [6, 6.07) is 7.74. The molecule has 0 saturated carbocycles. The Hall–Kier alpha value is -1.59. The van der Waals surface area contributed by atoms with E-state index in [1.807, 2.05) is 38.2 Å². The van der Waals surface area contributed by atoms with Gasteiger partial charge in [-0.25, -0.2) is 4.79 Å². The molecule has 1 unspecified atom stereocenters. The quantitative estimate of drug-likeness (QED) is 0.741. The van der Waals surface area contributed by atoms with Crippen molar-refractivity contribution in [1.82, 2.24) is 14.9 Å². The van der Waals surface area contributed by atoms with E-state index in [4.69, 9.17) is 4.74 Å². The number of fused-ring (bicyclic) bond motifs is 1. The SMILES string of the molecule is CNCC(C)OCCCn1c(=O)[nH]c2ccccc21. The minimum atomic E-state index is -0.0514. The molecule has 1 aromatic carbocycles. The van der Waals surface area contributed by atoms with Crippen molar-refractivity contribution in [2.24, 2.45) is 0 Å². The zero-order valence-corrected chi connectivity index (χ0v) is 11.5. The Labute approximate surface area is 112 Å². The highest BCUT2D eigenvalue weighted by Gasteiger charge is 2.05. The first-order chi connectivity index (χ1) is 9.22. The summed E-state index contributed by atoms with van der Waals surface area (Å²) < 4.78 is 7.41. The molecular weight excluding hydrogens is 242 g/mol. The minimum Gasteiger partial charge on any atom is -0.377 e. The summed E-state index contributed by atoms with van der Waals surface area (Å²) in [6.45, 7) is 4.21. The number of nitrogens with one attached hydrogen (secondary N) is 2. The monoisotopic (exact) mass is 263 g/mol. The van der Waals surface area contributed by atoms with Gasteiger partial charge in [-0.15, -0.1) is 0 Å². The lowest BCUT2D eigenvalue weighted by molar-refractivity contribution is 0.0636. The summed E-state index contributed by atoms with van der Waals surface area (Å²) in [5.41, 5.74) is 1.79. The Morgan fingerprint density at radius 3 is 3.00 bits per heavy atom. The molecule has 0 bridgehead atoms. The number of aromatic amines is 1. The number of hydrogen-bond acceptors (Lipinski definition) is 3. The second-order valence-corrected chi connectivity index (χ2v) is 4.69. The standard InChI is InChI=1S/C14H21N3O2/c1-11(10-15-2)19-9-5-8-17-13-7-4-3-6-12(13)16-14(17)18/h3-4,6-7,11,15H,5,8-10H2,1-2H3,(H,16,18). The van der Waals surface area contributed by atoms with E-state index in [9.17, 15) is 4.79 Å². The maximum absolute atomic E-state index is 11.8. The van der Waals surface area contributed by atoms with Crippen molar-refractivity contribution in [2.45, 2.75) is 26.0 Å². The molecule has 0 saturated heterocycles. The second-order valence-electron chi connectivity index (χ2n) is 4.69.